The molecule has 0 aliphatic rings. The molecule has 1 heterocycles. The number of rotatable bonds is 5. The van der Waals surface area contributed by atoms with Crippen molar-refractivity contribution in [3.8, 4) is 0 Å². The van der Waals surface area contributed by atoms with Crippen molar-refractivity contribution >= 4 is 15.7 Å². The quantitative estimate of drug-likeness (QED) is 0.744. The van der Waals surface area contributed by atoms with Crippen LogP contribution in [0.5, 0.6) is 0 Å². The summed E-state index contributed by atoms with van der Waals surface area (Å²) in [6.07, 6.45) is 3.09. The summed E-state index contributed by atoms with van der Waals surface area (Å²) >= 11 is 0. The molecule has 96 valence electrons. The number of benzene rings is 1. The Morgan fingerprint density at radius 3 is 2.56 bits per heavy atom. The molecule has 2 rings (SSSR count). The fourth-order valence-electron chi connectivity index (χ4n) is 1.47. The first-order chi connectivity index (χ1) is 8.62. The summed E-state index contributed by atoms with van der Waals surface area (Å²) < 4.78 is 26.1. The maximum atomic E-state index is 11.9. The van der Waals surface area contributed by atoms with E-state index in [0.717, 1.165) is 5.56 Å². The average molecular weight is 267 g/mol. The van der Waals surface area contributed by atoms with Crippen LogP contribution in [-0.2, 0) is 16.4 Å². The predicted octanol–water partition coefficient (Wildman–Crippen LogP) is 0.745. The zero-order valence-electron chi connectivity index (χ0n) is 9.50. The largest absolute Gasteiger partial charge is 0.396 e. The molecule has 0 aliphatic carbocycles. The second-order valence-corrected chi connectivity index (χ2v) is 5.34. The van der Waals surface area contributed by atoms with Gasteiger partial charge in [0.2, 0.25) is 0 Å². The van der Waals surface area contributed by atoms with E-state index in [1.807, 2.05) is 0 Å². The minimum Gasteiger partial charge on any atom is -0.396 e. The number of aliphatic hydroxyl groups is 1. The average Bonchev–Trinajstić information content (AvgIpc) is 2.86. The van der Waals surface area contributed by atoms with Crippen molar-refractivity contribution in [1.82, 2.24) is 9.97 Å². The van der Waals surface area contributed by atoms with Gasteiger partial charge in [0.1, 0.15) is 0 Å². The SMILES string of the molecule is O=S(=O)(Nc1ccc(CCO)cc1)c1cnc[nH]1. The molecule has 0 bridgehead atoms. The maximum absolute atomic E-state index is 11.9. The van der Waals surface area contributed by atoms with Gasteiger partial charge in [0.25, 0.3) is 10.0 Å². The number of hydrogen-bond acceptors (Lipinski definition) is 4. The van der Waals surface area contributed by atoms with Crippen LogP contribution >= 0.6 is 0 Å². The number of aliphatic hydroxyl groups excluding tert-OH is 1. The van der Waals surface area contributed by atoms with Crippen LogP contribution in [0, 0.1) is 0 Å². The smallest absolute Gasteiger partial charge is 0.278 e. The van der Waals surface area contributed by atoms with Gasteiger partial charge in [-0.3, -0.25) is 4.72 Å². The zero-order chi connectivity index (χ0) is 13.0. The lowest BCUT2D eigenvalue weighted by atomic mass is 10.1. The third-order valence-corrected chi connectivity index (χ3v) is 3.68. The molecule has 0 saturated heterocycles. The first-order valence-corrected chi connectivity index (χ1v) is 6.81. The van der Waals surface area contributed by atoms with Crippen LogP contribution in [0.15, 0.2) is 41.8 Å². The summed E-state index contributed by atoms with van der Waals surface area (Å²) in [6, 6.07) is 6.83. The van der Waals surface area contributed by atoms with E-state index in [-0.39, 0.29) is 11.6 Å². The number of nitrogens with one attached hydrogen (secondary N) is 2. The van der Waals surface area contributed by atoms with E-state index in [0.29, 0.717) is 12.1 Å². The second-order valence-electron chi connectivity index (χ2n) is 3.69. The fraction of sp³-hybridized carbons (Fsp3) is 0.182. The lowest BCUT2D eigenvalue weighted by Crippen LogP contribution is -2.13. The molecule has 1 aromatic heterocycles. The van der Waals surface area contributed by atoms with Crippen molar-refractivity contribution in [2.75, 3.05) is 11.3 Å². The van der Waals surface area contributed by atoms with Gasteiger partial charge < -0.3 is 10.1 Å². The van der Waals surface area contributed by atoms with Crippen molar-refractivity contribution in [2.45, 2.75) is 11.4 Å². The van der Waals surface area contributed by atoms with Gasteiger partial charge in [-0.2, -0.15) is 8.42 Å². The summed E-state index contributed by atoms with van der Waals surface area (Å²) in [4.78, 5) is 6.20. The molecule has 0 saturated carbocycles. The van der Waals surface area contributed by atoms with Gasteiger partial charge in [0, 0.05) is 12.3 Å². The van der Waals surface area contributed by atoms with Gasteiger partial charge in [-0.25, -0.2) is 4.98 Å². The van der Waals surface area contributed by atoms with E-state index in [9.17, 15) is 8.42 Å². The minimum atomic E-state index is -3.61. The highest BCUT2D eigenvalue weighted by atomic mass is 32.2. The van der Waals surface area contributed by atoms with Gasteiger partial charge in [0.15, 0.2) is 5.03 Å². The topological polar surface area (TPSA) is 95.1 Å². The molecule has 2 aromatic rings. The van der Waals surface area contributed by atoms with Gasteiger partial charge in [-0.1, -0.05) is 12.1 Å². The number of imidazole rings is 1. The van der Waals surface area contributed by atoms with E-state index < -0.39 is 10.0 Å². The summed E-state index contributed by atoms with van der Waals surface area (Å²) in [5.41, 5.74) is 1.41. The predicted molar refractivity (Wildman–Crippen MR) is 66.6 cm³/mol. The summed E-state index contributed by atoms with van der Waals surface area (Å²) in [7, 11) is -3.61. The summed E-state index contributed by atoms with van der Waals surface area (Å²) in [6.45, 7) is 0.0687. The molecule has 1 aromatic carbocycles. The first kappa shape index (κ1) is 12.6. The van der Waals surface area contributed by atoms with E-state index in [1.54, 1.807) is 24.3 Å². The van der Waals surface area contributed by atoms with E-state index in [1.165, 1.54) is 12.5 Å². The Kier molecular flexibility index (Phi) is 3.63. The second kappa shape index (κ2) is 5.19. The third-order valence-electron chi connectivity index (χ3n) is 2.37. The molecule has 18 heavy (non-hydrogen) atoms. The number of anilines is 1. The summed E-state index contributed by atoms with van der Waals surface area (Å²) in [5, 5.41) is 8.79. The fourth-order valence-corrected chi connectivity index (χ4v) is 2.43. The first-order valence-electron chi connectivity index (χ1n) is 5.33. The molecular weight excluding hydrogens is 254 g/mol. The Morgan fingerprint density at radius 2 is 2.00 bits per heavy atom. The normalized spacial score (nSPS) is 11.4. The molecule has 6 nitrogen and oxygen atoms in total. The molecule has 0 fully saturated rings. The van der Waals surface area contributed by atoms with E-state index in [4.69, 9.17) is 5.11 Å². The van der Waals surface area contributed by atoms with Crippen LogP contribution in [0.4, 0.5) is 5.69 Å². The minimum absolute atomic E-state index is 0.0157. The molecule has 0 radical (unpaired) electrons. The number of aromatic nitrogens is 2. The monoisotopic (exact) mass is 267 g/mol. The highest BCUT2D eigenvalue weighted by Crippen LogP contribution is 2.14. The van der Waals surface area contributed by atoms with E-state index >= 15 is 0 Å². The molecule has 0 amide bonds. The molecule has 3 N–H and O–H groups in total. The van der Waals surface area contributed by atoms with Gasteiger partial charge in [-0.05, 0) is 24.1 Å². The standard InChI is InChI=1S/C11H13N3O3S/c15-6-5-9-1-3-10(4-2-9)14-18(16,17)11-7-12-8-13-11/h1-4,7-8,14-15H,5-6H2,(H,12,13). The number of aromatic amines is 1. The molecule has 0 unspecified atom stereocenters. The number of sulfonamides is 1. The highest BCUT2D eigenvalue weighted by Gasteiger charge is 2.15. The van der Waals surface area contributed by atoms with Crippen molar-refractivity contribution in [3.05, 3.63) is 42.4 Å². The Hall–Kier alpha value is -1.86. The number of nitrogens with zero attached hydrogens (tertiary/aromatic N) is 1. The highest BCUT2D eigenvalue weighted by molar-refractivity contribution is 7.92. The van der Waals surface area contributed by atoms with Crippen LogP contribution in [0.3, 0.4) is 0 Å². The Morgan fingerprint density at radius 1 is 1.28 bits per heavy atom. The van der Waals surface area contributed by atoms with Crippen LogP contribution in [0.1, 0.15) is 5.56 Å². The Labute approximate surface area is 105 Å². The van der Waals surface area contributed by atoms with Crippen molar-refractivity contribution in [2.24, 2.45) is 0 Å². The van der Waals surface area contributed by atoms with Crippen LogP contribution < -0.4 is 4.72 Å². The lowest BCUT2D eigenvalue weighted by molar-refractivity contribution is 0.299. The molecule has 0 spiro atoms. The van der Waals surface area contributed by atoms with Crippen molar-refractivity contribution < 1.29 is 13.5 Å². The molecular formula is C11H13N3O3S. The van der Waals surface area contributed by atoms with Crippen molar-refractivity contribution in [1.29, 1.82) is 0 Å². The van der Waals surface area contributed by atoms with Crippen LogP contribution in [0.25, 0.3) is 0 Å². The summed E-state index contributed by atoms with van der Waals surface area (Å²) in [5.74, 6) is 0. The Balaban J connectivity index is 2.14. The van der Waals surface area contributed by atoms with Crippen LogP contribution in [-0.4, -0.2) is 30.1 Å². The zero-order valence-corrected chi connectivity index (χ0v) is 10.3. The molecule has 7 heteroatoms. The number of hydrogen-bond donors (Lipinski definition) is 3. The lowest BCUT2D eigenvalue weighted by Gasteiger charge is -2.06. The van der Waals surface area contributed by atoms with Crippen LogP contribution in [0.2, 0.25) is 0 Å². The maximum Gasteiger partial charge on any atom is 0.278 e. The Bertz CT molecular complexity index is 591. The van der Waals surface area contributed by atoms with Gasteiger partial charge in [0.05, 0.1) is 12.5 Å². The molecule has 0 atom stereocenters. The van der Waals surface area contributed by atoms with Gasteiger partial charge >= 0.3 is 0 Å². The van der Waals surface area contributed by atoms with Crippen molar-refractivity contribution in [3.63, 3.8) is 0 Å². The molecule has 0 aliphatic heterocycles. The number of H-pyrrole nitrogens is 1. The third kappa shape index (κ3) is 2.88. The van der Waals surface area contributed by atoms with E-state index in [2.05, 4.69) is 14.7 Å². The van der Waals surface area contributed by atoms with Gasteiger partial charge in [-0.15, -0.1) is 0 Å².